The van der Waals surface area contributed by atoms with Crippen LogP contribution in [-0.4, -0.2) is 22.7 Å². The molecule has 5 heavy (non-hydrogen) atoms. The lowest BCUT2D eigenvalue weighted by atomic mass is 10.9. The molecule has 0 amide bonds. The monoisotopic (exact) mass is 148 g/mol. The van der Waals surface area contributed by atoms with Gasteiger partial charge in [0.25, 0.3) is 0 Å². The van der Waals surface area contributed by atoms with Gasteiger partial charge in [0.05, 0.1) is 5.33 Å². The molecule has 0 aromatic rings. The van der Waals surface area contributed by atoms with Crippen LogP contribution in [0.5, 0.6) is 0 Å². The third-order valence-electron chi connectivity index (χ3n) is 0.0772. The van der Waals surface area contributed by atoms with E-state index in [0.29, 0.717) is 5.33 Å². The largest absolute Gasteiger partial charge is 0.187 e. The van der Waals surface area contributed by atoms with Crippen molar-refractivity contribution in [2.75, 3.05) is 5.33 Å². The van der Waals surface area contributed by atoms with Gasteiger partial charge in [-0.05, 0) is 0 Å². The predicted octanol–water partition coefficient (Wildman–Crippen LogP) is -0.169. The SMILES string of the molecule is C#CCBr.[AlH3]. The van der Waals surface area contributed by atoms with Crippen LogP contribution in [0.4, 0.5) is 0 Å². The topological polar surface area (TPSA) is 0 Å². The van der Waals surface area contributed by atoms with Crippen LogP contribution in [0.3, 0.4) is 0 Å². The lowest BCUT2D eigenvalue weighted by Crippen LogP contribution is -1.45. The minimum absolute atomic E-state index is 0. The van der Waals surface area contributed by atoms with Crippen molar-refractivity contribution in [1.82, 2.24) is 0 Å². The summed E-state index contributed by atoms with van der Waals surface area (Å²) >= 11 is 3.01. The normalized spacial score (nSPS) is 4.00. The van der Waals surface area contributed by atoms with E-state index in [1.807, 2.05) is 0 Å². The maximum Gasteiger partial charge on any atom is 0.187 e. The molecule has 2 heteroatoms. The number of hydrogen-bond acceptors (Lipinski definition) is 0. The first-order valence-corrected chi connectivity index (χ1v) is 2.03. The number of alkyl halides is 1. The predicted molar refractivity (Wildman–Crippen MR) is 32.6 cm³/mol. The molecule has 0 heterocycles. The molecule has 0 aromatic heterocycles. The first kappa shape index (κ1) is 9.13. The zero-order chi connectivity index (χ0) is 3.41. The molecule has 0 N–H and O–H groups in total. The highest BCUT2D eigenvalue weighted by atomic mass is 79.9. The minimum Gasteiger partial charge on any atom is -0.119 e. The standard InChI is InChI=1S/C3H3Br.Al.3H/c1-2-3-4;;;;/h1H,3H2;;;;. The average Bonchev–Trinajstić information content (AvgIpc) is 1.37. The summed E-state index contributed by atoms with van der Waals surface area (Å²) in [6, 6.07) is 0. The van der Waals surface area contributed by atoms with Crippen LogP contribution in [0.25, 0.3) is 0 Å². The maximum absolute atomic E-state index is 4.73. The fourth-order valence-electron chi connectivity index (χ4n) is 0. The molecule has 0 bridgehead atoms. The summed E-state index contributed by atoms with van der Waals surface area (Å²) in [6.45, 7) is 0. The van der Waals surface area contributed by atoms with Gasteiger partial charge in [-0.3, -0.25) is 0 Å². The number of halogens is 1. The lowest BCUT2D eigenvalue weighted by molar-refractivity contribution is 2.02. The van der Waals surface area contributed by atoms with Gasteiger partial charge in [-0.15, -0.1) is 6.42 Å². The Balaban J connectivity index is 0. The second-order valence-corrected chi connectivity index (χ2v) is 0.898. The summed E-state index contributed by atoms with van der Waals surface area (Å²) in [4.78, 5) is 0. The Hall–Kier alpha value is 0.572. The third-order valence-corrected chi connectivity index (χ3v) is 0.401. The van der Waals surface area contributed by atoms with Crippen molar-refractivity contribution in [2.24, 2.45) is 0 Å². The smallest absolute Gasteiger partial charge is 0.119 e. The van der Waals surface area contributed by atoms with Gasteiger partial charge in [0.15, 0.2) is 17.4 Å². The quantitative estimate of drug-likeness (QED) is 0.255. The van der Waals surface area contributed by atoms with Gasteiger partial charge in [0.2, 0.25) is 0 Å². The fourth-order valence-corrected chi connectivity index (χ4v) is 0. The van der Waals surface area contributed by atoms with Gasteiger partial charge in [0, 0.05) is 0 Å². The molecule has 0 saturated carbocycles. The second kappa shape index (κ2) is 8.82. The van der Waals surface area contributed by atoms with E-state index in [4.69, 9.17) is 6.42 Å². The van der Waals surface area contributed by atoms with E-state index in [1.165, 1.54) is 0 Å². The molecule has 0 radical (unpaired) electrons. The minimum atomic E-state index is 0. The zero-order valence-electron chi connectivity index (χ0n) is 2.16. The Morgan fingerprint density at radius 2 is 2.00 bits per heavy atom. The third kappa shape index (κ3) is 12.2. The molecule has 0 aromatic carbocycles. The summed E-state index contributed by atoms with van der Waals surface area (Å²) in [6.07, 6.45) is 4.73. The van der Waals surface area contributed by atoms with Gasteiger partial charge in [0.1, 0.15) is 0 Å². The van der Waals surface area contributed by atoms with Gasteiger partial charge < -0.3 is 0 Å². The van der Waals surface area contributed by atoms with Crippen molar-refractivity contribution in [1.29, 1.82) is 0 Å². The number of rotatable bonds is 0. The molecule has 0 aliphatic rings. The molecule has 0 nitrogen and oxygen atoms in total. The van der Waals surface area contributed by atoms with E-state index in [0.717, 1.165) is 0 Å². The van der Waals surface area contributed by atoms with E-state index < -0.39 is 0 Å². The van der Waals surface area contributed by atoms with Crippen LogP contribution in [-0.2, 0) is 0 Å². The molecular formula is C3H6AlBr. The molecule has 0 unspecified atom stereocenters. The van der Waals surface area contributed by atoms with Crippen LogP contribution in [0, 0.1) is 12.3 Å². The van der Waals surface area contributed by atoms with Crippen LogP contribution in [0.15, 0.2) is 0 Å². The van der Waals surface area contributed by atoms with E-state index in [1.54, 1.807) is 0 Å². The molecule has 0 aliphatic heterocycles. The van der Waals surface area contributed by atoms with E-state index in [9.17, 15) is 0 Å². The summed E-state index contributed by atoms with van der Waals surface area (Å²) in [5.74, 6) is 2.35. The highest BCUT2D eigenvalue weighted by Gasteiger charge is 1.46. The highest BCUT2D eigenvalue weighted by Crippen LogP contribution is 1.68. The molecule has 0 fully saturated rings. The number of hydrogen-bond donors (Lipinski definition) is 0. The molecule has 0 spiro atoms. The van der Waals surface area contributed by atoms with Gasteiger partial charge in [-0.1, -0.05) is 21.9 Å². The Morgan fingerprint density at radius 1 is 1.80 bits per heavy atom. The van der Waals surface area contributed by atoms with Crippen molar-refractivity contribution in [3.63, 3.8) is 0 Å². The molecule has 0 rings (SSSR count). The maximum atomic E-state index is 4.73. The van der Waals surface area contributed by atoms with Crippen molar-refractivity contribution >= 4 is 33.3 Å². The Bertz CT molecular complexity index is 36.6. The lowest BCUT2D eigenvalue weighted by Gasteiger charge is -1.50. The Labute approximate surface area is 51.2 Å². The highest BCUT2D eigenvalue weighted by molar-refractivity contribution is 9.09. The second-order valence-electron chi connectivity index (χ2n) is 0.338. The van der Waals surface area contributed by atoms with Crippen LogP contribution >= 0.6 is 15.9 Å². The van der Waals surface area contributed by atoms with Crippen LogP contribution in [0.2, 0.25) is 0 Å². The first-order chi connectivity index (χ1) is 1.91. The summed E-state index contributed by atoms with van der Waals surface area (Å²) in [5.41, 5.74) is 0. The van der Waals surface area contributed by atoms with E-state index in [2.05, 4.69) is 21.9 Å². The van der Waals surface area contributed by atoms with E-state index >= 15 is 0 Å². The number of terminal acetylenes is 1. The Morgan fingerprint density at radius 3 is 2.00 bits per heavy atom. The fraction of sp³-hybridized carbons (Fsp3) is 0.333. The molecular weight excluding hydrogens is 143 g/mol. The van der Waals surface area contributed by atoms with Crippen molar-refractivity contribution in [3.8, 4) is 12.3 Å². The molecule has 0 atom stereocenters. The summed E-state index contributed by atoms with van der Waals surface area (Å²) in [5, 5.41) is 0.660. The van der Waals surface area contributed by atoms with E-state index in [-0.39, 0.29) is 17.4 Å². The van der Waals surface area contributed by atoms with Crippen LogP contribution in [0.1, 0.15) is 0 Å². The van der Waals surface area contributed by atoms with Gasteiger partial charge in [-0.2, -0.15) is 0 Å². The molecule has 0 aliphatic carbocycles. The zero-order valence-corrected chi connectivity index (χ0v) is 3.75. The van der Waals surface area contributed by atoms with Gasteiger partial charge >= 0.3 is 0 Å². The first-order valence-electron chi connectivity index (χ1n) is 0.909. The van der Waals surface area contributed by atoms with Crippen LogP contribution < -0.4 is 0 Å². The van der Waals surface area contributed by atoms with Gasteiger partial charge in [-0.25, -0.2) is 0 Å². The Kier molecular flexibility index (Phi) is 16.1. The van der Waals surface area contributed by atoms with Crippen molar-refractivity contribution in [2.45, 2.75) is 0 Å². The molecule has 0 saturated heterocycles. The van der Waals surface area contributed by atoms with Crippen molar-refractivity contribution < 1.29 is 0 Å². The average molecular weight is 149 g/mol. The van der Waals surface area contributed by atoms with Crippen molar-refractivity contribution in [3.05, 3.63) is 0 Å². The summed E-state index contributed by atoms with van der Waals surface area (Å²) in [7, 11) is 0. The molecule has 28 valence electrons. The summed E-state index contributed by atoms with van der Waals surface area (Å²) < 4.78 is 0.